The fourth-order valence-corrected chi connectivity index (χ4v) is 1.86. The number of rotatable bonds is 5. The number of hydrogen-bond donors (Lipinski definition) is 2. The van der Waals surface area contributed by atoms with E-state index in [0.29, 0.717) is 5.56 Å². The van der Waals surface area contributed by atoms with Gasteiger partial charge < -0.3 is 0 Å². The van der Waals surface area contributed by atoms with Crippen LogP contribution in [-0.4, -0.2) is 16.6 Å². The first-order chi connectivity index (χ1) is 7.27. The van der Waals surface area contributed by atoms with Crippen molar-refractivity contribution in [1.82, 2.24) is 10.4 Å². The first-order valence-electron chi connectivity index (χ1n) is 4.81. The molecular formula is C10H15N3OS. The lowest BCUT2D eigenvalue weighted by atomic mass is 10.2. The first-order valence-corrected chi connectivity index (χ1v) is 5.97. The zero-order chi connectivity index (χ0) is 11.1. The lowest BCUT2D eigenvalue weighted by Crippen LogP contribution is -2.30. The van der Waals surface area contributed by atoms with E-state index in [0.717, 1.165) is 17.2 Å². The van der Waals surface area contributed by atoms with Crippen LogP contribution in [0.2, 0.25) is 0 Å². The van der Waals surface area contributed by atoms with E-state index < -0.39 is 0 Å². The van der Waals surface area contributed by atoms with Crippen LogP contribution in [0.4, 0.5) is 0 Å². The third-order valence-corrected chi connectivity index (χ3v) is 3.01. The molecule has 0 aromatic carbocycles. The topological polar surface area (TPSA) is 68.0 Å². The molecule has 0 unspecified atom stereocenters. The van der Waals surface area contributed by atoms with Crippen LogP contribution in [0.25, 0.3) is 0 Å². The van der Waals surface area contributed by atoms with Crippen molar-refractivity contribution in [2.45, 2.75) is 19.1 Å². The van der Waals surface area contributed by atoms with Crippen LogP contribution in [0, 0.1) is 0 Å². The predicted molar refractivity (Wildman–Crippen MR) is 62.3 cm³/mol. The number of aromatic nitrogens is 1. The number of hydrogen-bond acceptors (Lipinski definition) is 4. The minimum Gasteiger partial charge on any atom is -0.290 e. The van der Waals surface area contributed by atoms with Gasteiger partial charge in [-0.2, -0.15) is 11.8 Å². The average molecular weight is 225 g/mol. The van der Waals surface area contributed by atoms with Crippen molar-refractivity contribution in [1.29, 1.82) is 0 Å². The summed E-state index contributed by atoms with van der Waals surface area (Å²) in [5, 5.41) is 0. The molecule has 0 saturated heterocycles. The summed E-state index contributed by atoms with van der Waals surface area (Å²) >= 11 is 1.84. The van der Waals surface area contributed by atoms with Gasteiger partial charge in [-0.15, -0.1) is 0 Å². The van der Waals surface area contributed by atoms with Gasteiger partial charge in [0, 0.05) is 11.9 Å². The van der Waals surface area contributed by atoms with E-state index in [1.807, 2.05) is 17.8 Å². The van der Waals surface area contributed by atoms with E-state index in [2.05, 4.69) is 17.3 Å². The number of carbonyl (C=O) groups excluding carboxylic acids is 1. The molecule has 0 atom stereocenters. The molecule has 1 rings (SSSR count). The Morgan fingerprint density at radius 3 is 2.93 bits per heavy atom. The van der Waals surface area contributed by atoms with Gasteiger partial charge in [0.2, 0.25) is 0 Å². The van der Waals surface area contributed by atoms with Crippen molar-refractivity contribution in [3.8, 4) is 0 Å². The van der Waals surface area contributed by atoms with Crippen LogP contribution in [0.3, 0.4) is 0 Å². The molecule has 1 heterocycles. The van der Waals surface area contributed by atoms with Gasteiger partial charge in [-0.3, -0.25) is 15.2 Å². The second-order valence-corrected chi connectivity index (χ2v) is 4.17. The molecule has 5 heteroatoms. The van der Waals surface area contributed by atoms with Crippen molar-refractivity contribution in [2.75, 3.05) is 5.75 Å². The molecule has 0 saturated carbocycles. The molecule has 82 valence electrons. The molecule has 0 aliphatic rings. The summed E-state index contributed by atoms with van der Waals surface area (Å²) in [5.41, 5.74) is 3.54. The van der Waals surface area contributed by atoms with Crippen LogP contribution < -0.4 is 11.3 Å². The highest BCUT2D eigenvalue weighted by Crippen LogP contribution is 2.11. The van der Waals surface area contributed by atoms with Gasteiger partial charge in [-0.05, 0) is 24.3 Å². The highest BCUT2D eigenvalue weighted by molar-refractivity contribution is 7.98. The minimum absolute atomic E-state index is 0.310. The maximum Gasteiger partial charge on any atom is 0.266 e. The van der Waals surface area contributed by atoms with Gasteiger partial charge in [0.05, 0.1) is 11.3 Å². The van der Waals surface area contributed by atoms with Gasteiger partial charge in [-0.25, -0.2) is 5.84 Å². The molecule has 0 fully saturated rings. The molecule has 0 aliphatic heterocycles. The van der Waals surface area contributed by atoms with Gasteiger partial charge in [0.1, 0.15) is 0 Å². The van der Waals surface area contributed by atoms with Crippen molar-refractivity contribution >= 4 is 17.7 Å². The van der Waals surface area contributed by atoms with E-state index in [9.17, 15) is 4.79 Å². The Bertz CT molecular complexity index is 313. The SMILES string of the molecule is CCCSCc1ccc(C(=O)NN)cn1. The Hall–Kier alpha value is -1.07. The lowest BCUT2D eigenvalue weighted by Gasteiger charge is -2.01. The third-order valence-electron chi connectivity index (χ3n) is 1.82. The molecule has 0 spiro atoms. The number of nitrogens with one attached hydrogen (secondary N) is 1. The summed E-state index contributed by atoms with van der Waals surface area (Å²) in [6.07, 6.45) is 2.71. The number of nitrogen functional groups attached to an aromatic ring is 1. The number of thioether (sulfide) groups is 1. The van der Waals surface area contributed by atoms with Crippen molar-refractivity contribution < 1.29 is 4.79 Å². The second kappa shape index (κ2) is 6.42. The largest absolute Gasteiger partial charge is 0.290 e. The Morgan fingerprint density at radius 1 is 1.60 bits per heavy atom. The predicted octanol–water partition coefficient (Wildman–Crippen LogP) is 1.33. The highest BCUT2D eigenvalue weighted by atomic mass is 32.2. The minimum atomic E-state index is -0.310. The Balaban J connectivity index is 2.52. The van der Waals surface area contributed by atoms with E-state index >= 15 is 0 Å². The van der Waals surface area contributed by atoms with Gasteiger partial charge >= 0.3 is 0 Å². The fraction of sp³-hybridized carbons (Fsp3) is 0.400. The van der Waals surface area contributed by atoms with Crippen LogP contribution >= 0.6 is 11.8 Å². The molecule has 0 radical (unpaired) electrons. The van der Waals surface area contributed by atoms with Crippen LogP contribution in [0.15, 0.2) is 18.3 Å². The van der Waals surface area contributed by atoms with Crippen molar-refractivity contribution in [2.24, 2.45) is 5.84 Å². The van der Waals surface area contributed by atoms with E-state index in [4.69, 9.17) is 5.84 Å². The maximum absolute atomic E-state index is 11.1. The standard InChI is InChI=1S/C10H15N3OS/c1-2-5-15-7-9-4-3-8(6-12-9)10(14)13-11/h3-4,6H,2,5,7,11H2,1H3,(H,13,14). The monoisotopic (exact) mass is 225 g/mol. The number of pyridine rings is 1. The number of nitrogens with two attached hydrogens (primary N) is 1. The van der Waals surface area contributed by atoms with Gasteiger partial charge in [-0.1, -0.05) is 6.92 Å². The summed E-state index contributed by atoms with van der Waals surface area (Å²) in [6.45, 7) is 2.15. The number of nitrogens with zero attached hydrogens (tertiary/aromatic N) is 1. The van der Waals surface area contributed by atoms with E-state index in [1.54, 1.807) is 12.3 Å². The molecule has 0 bridgehead atoms. The lowest BCUT2D eigenvalue weighted by molar-refractivity contribution is 0.0953. The normalized spacial score (nSPS) is 10.0. The molecule has 1 aromatic rings. The average Bonchev–Trinajstić information content (AvgIpc) is 2.29. The zero-order valence-electron chi connectivity index (χ0n) is 8.69. The van der Waals surface area contributed by atoms with E-state index in [-0.39, 0.29) is 5.91 Å². The van der Waals surface area contributed by atoms with Crippen LogP contribution in [0.1, 0.15) is 29.4 Å². The first kappa shape index (κ1) is 12.0. The Morgan fingerprint density at radius 2 is 2.40 bits per heavy atom. The summed E-state index contributed by atoms with van der Waals surface area (Å²) in [5.74, 6) is 6.72. The number of carbonyl (C=O) groups is 1. The van der Waals surface area contributed by atoms with Gasteiger partial charge in [0.25, 0.3) is 5.91 Å². The quantitative estimate of drug-likeness (QED) is 0.343. The molecular weight excluding hydrogens is 210 g/mol. The smallest absolute Gasteiger partial charge is 0.266 e. The fourth-order valence-electron chi connectivity index (χ4n) is 1.05. The number of hydrazine groups is 1. The molecule has 3 N–H and O–H groups in total. The number of amides is 1. The molecule has 4 nitrogen and oxygen atoms in total. The summed E-state index contributed by atoms with van der Waals surface area (Å²) in [4.78, 5) is 15.3. The second-order valence-electron chi connectivity index (χ2n) is 3.06. The molecule has 15 heavy (non-hydrogen) atoms. The third kappa shape index (κ3) is 3.89. The maximum atomic E-state index is 11.1. The molecule has 0 aliphatic carbocycles. The van der Waals surface area contributed by atoms with Crippen molar-refractivity contribution in [3.63, 3.8) is 0 Å². The Kier molecular flexibility index (Phi) is 5.14. The summed E-state index contributed by atoms with van der Waals surface area (Å²) in [6, 6.07) is 3.59. The zero-order valence-corrected chi connectivity index (χ0v) is 9.51. The molecule has 1 aromatic heterocycles. The van der Waals surface area contributed by atoms with Gasteiger partial charge in [0.15, 0.2) is 0 Å². The highest BCUT2D eigenvalue weighted by Gasteiger charge is 2.03. The van der Waals surface area contributed by atoms with Crippen LogP contribution in [0.5, 0.6) is 0 Å². The van der Waals surface area contributed by atoms with E-state index in [1.165, 1.54) is 6.42 Å². The Labute approximate surface area is 93.6 Å². The van der Waals surface area contributed by atoms with Crippen molar-refractivity contribution in [3.05, 3.63) is 29.6 Å². The van der Waals surface area contributed by atoms with Crippen LogP contribution in [-0.2, 0) is 5.75 Å². The molecule has 1 amide bonds. The summed E-state index contributed by atoms with van der Waals surface area (Å²) < 4.78 is 0. The summed E-state index contributed by atoms with van der Waals surface area (Å²) in [7, 11) is 0.